The zero-order chi connectivity index (χ0) is 15.1. The molecular formula is C18H31N3. The molecule has 3 heteroatoms. The Morgan fingerprint density at radius 1 is 1.05 bits per heavy atom. The fourth-order valence-corrected chi connectivity index (χ4v) is 3.12. The molecule has 21 heavy (non-hydrogen) atoms. The third kappa shape index (κ3) is 4.72. The van der Waals surface area contributed by atoms with Crippen LogP contribution in [0.5, 0.6) is 0 Å². The molecule has 0 amide bonds. The Morgan fingerprint density at radius 3 is 2.43 bits per heavy atom. The molecule has 0 radical (unpaired) electrons. The Morgan fingerprint density at radius 2 is 1.81 bits per heavy atom. The summed E-state index contributed by atoms with van der Waals surface area (Å²) in [7, 11) is 0. The van der Waals surface area contributed by atoms with E-state index in [2.05, 4.69) is 54.1 Å². The average molecular weight is 289 g/mol. The number of nitrogens with one attached hydrogen (secondary N) is 1. The first kappa shape index (κ1) is 16.3. The fourth-order valence-electron chi connectivity index (χ4n) is 3.12. The fraction of sp³-hybridized carbons (Fsp3) is 0.667. The summed E-state index contributed by atoms with van der Waals surface area (Å²) in [6.45, 7) is 14.8. The highest BCUT2D eigenvalue weighted by molar-refractivity contribution is 5.54. The van der Waals surface area contributed by atoms with Crippen LogP contribution in [0.15, 0.2) is 18.2 Å². The molecule has 3 nitrogen and oxygen atoms in total. The predicted molar refractivity (Wildman–Crippen MR) is 92.1 cm³/mol. The summed E-state index contributed by atoms with van der Waals surface area (Å²) in [5.74, 6) is 0. The zero-order valence-corrected chi connectivity index (χ0v) is 14.0. The first-order chi connectivity index (χ1) is 10.2. The van der Waals surface area contributed by atoms with Gasteiger partial charge in [-0.3, -0.25) is 4.90 Å². The van der Waals surface area contributed by atoms with Gasteiger partial charge in [-0.1, -0.05) is 26.0 Å². The first-order valence-electron chi connectivity index (χ1n) is 8.52. The van der Waals surface area contributed by atoms with E-state index in [0.717, 1.165) is 26.2 Å². The minimum absolute atomic E-state index is 0.985. The lowest BCUT2D eigenvalue weighted by molar-refractivity contribution is 0.258. The Balaban J connectivity index is 1.92. The summed E-state index contributed by atoms with van der Waals surface area (Å²) in [5, 5.41) is 3.48. The molecule has 1 heterocycles. The number of hydrogen-bond donors (Lipinski definition) is 1. The monoisotopic (exact) mass is 289 g/mol. The quantitative estimate of drug-likeness (QED) is 0.778. The van der Waals surface area contributed by atoms with E-state index >= 15 is 0 Å². The van der Waals surface area contributed by atoms with Gasteiger partial charge in [0.15, 0.2) is 0 Å². The molecule has 1 N–H and O–H groups in total. The molecule has 0 aliphatic carbocycles. The lowest BCUT2D eigenvalue weighted by Crippen LogP contribution is -2.46. The number of aryl methyl sites for hydroxylation is 1. The van der Waals surface area contributed by atoms with Crippen molar-refractivity contribution in [3.63, 3.8) is 0 Å². The second-order valence-corrected chi connectivity index (χ2v) is 6.13. The van der Waals surface area contributed by atoms with Crippen molar-refractivity contribution < 1.29 is 0 Å². The van der Waals surface area contributed by atoms with Crippen molar-refractivity contribution in [3.05, 3.63) is 29.3 Å². The van der Waals surface area contributed by atoms with Gasteiger partial charge in [0.05, 0.1) is 0 Å². The van der Waals surface area contributed by atoms with E-state index < -0.39 is 0 Å². The van der Waals surface area contributed by atoms with Crippen molar-refractivity contribution in [1.82, 2.24) is 10.2 Å². The van der Waals surface area contributed by atoms with E-state index in [1.807, 2.05) is 0 Å². The van der Waals surface area contributed by atoms with Gasteiger partial charge < -0.3 is 10.2 Å². The van der Waals surface area contributed by atoms with Crippen molar-refractivity contribution in [2.45, 2.75) is 40.2 Å². The topological polar surface area (TPSA) is 18.5 Å². The second-order valence-electron chi connectivity index (χ2n) is 6.13. The van der Waals surface area contributed by atoms with Crippen molar-refractivity contribution in [3.8, 4) is 0 Å². The number of hydrogen-bond acceptors (Lipinski definition) is 3. The summed E-state index contributed by atoms with van der Waals surface area (Å²) in [5.41, 5.74) is 4.23. The SMILES string of the molecule is CCCNCc1ccc(N2CCN(CCC)CC2)c(C)c1. The summed E-state index contributed by atoms with van der Waals surface area (Å²) in [6.07, 6.45) is 2.46. The van der Waals surface area contributed by atoms with E-state index in [1.54, 1.807) is 0 Å². The normalized spacial score (nSPS) is 16.4. The summed E-state index contributed by atoms with van der Waals surface area (Å²) < 4.78 is 0. The molecule has 0 bridgehead atoms. The molecule has 2 rings (SSSR count). The molecule has 0 saturated carbocycles. The molecule has 1 aliphatic heterocycles. The molecule has 0 aromatic heterocycles. The zero-order valence-electron chi connectivity index (χ0n) is 14.0. The van der Waals surface area contributed by atoms with E-state index in [0.29, 0.717) is 0 Å². The molecule has 1 aromatic rings. The lowest BCUT2D eigenvalue weighted by atomic mass is 10.1. The van der Waals surface area contributed by atoms with Crippen LogP contribution in [0.25, 0.3) is 0 Å². The number of piperazine rings is 1. The summed E-state index contributed by atoms with van der Waals surface area (Å²) in [4.78, 5) is 5.12. The average Bonchev–Trinajstić information content (AvgIpc) is 2.49. The number of anilines is 1. The van der Waals surface area contributed by atoms with Gasteiger partial charge in [0.1, 0.15) is 0 Å². The van der Waals surface area contributed by atoms with E-state index in [-0.39, 0.29) is 0 Å². The highest BCUT2D eigenvalue weighted by Crippen LogP contribution is 2.22. The maximum Gasteiger partial charge on any atom is 0.0397 e. The molecular weight excluding hydrogens is 258 g/mol. The van der Waals surface area contributed by atoms with Crippen LogP contribution >= 0.6 is 0 Å². The summed E-state index contributed by atoms with van der Waals surface area (Å²) >= 11 is 0. The Labute approximate surface area is 130 Å². The van der Waals surface area contributed by atoms with Crippen LogP contribution in [0.2, 0.25) is 0 Å². The highest BCUT2D eigenvalue weighted by Gasteiger charge is 2.17. The maximum absolute atomic E-state index is 3.48. The molecule has 0 spiro atoms. The van der Waals surface area contributed by atoms with Crippen molar-refractivity contribution >= 4 is 5.69 Å². The molecule has 1 aliphatic rings. The number of nitrogens with zero attached hydrogens (tertiary/aromatic N) is 2. The van der Waals surface area contributed by atoms with Crippen molar-refractivity contribution in [1.29, 1.82) is 0 Å². The van der Waals surface area contributed by atoms with E-state index in [9.17, 15) is 0 Å². The maximum atomic E-state index is 3.48. The lowest BCUT2D eigenvalue weighted by Gasteiger charge is -2.36. The van der Waals surface area contributed by atoms with Crippen LogP contribution in [-0.2, 0) is 6.54 Å². The number of benzene rings is 1. The van der Waals surface area contributed by atoms with Crippen LogP contribution in [0, 0.1) is 6.92 Å². The predicted octanol–water partition coefficient (Wildman–Crippen LogP) is 3.03. The van der Waals surface area contributed by atoms with Gasteiger partial charge >= 0.3 is 0 Å². The van der Waals surface area contributed by atoms with Crippen LogP contribution in [0.4, 0.5) is 5.69 Å². The van der Waals surface area contributed by atoms with Gasteiger partial charge in [0, 0.05) is 38.4 Å². The first-order valence-corrected chi connectivity index (χ1v) is 8.52. The van der Waals surface area contributed by atoms with Crippen LogP contribution in [0.3, 0.4) is 0 Å². The largest absolute Gasteiger partial charge is 0.369 e. The van der Waals surface area contributed by atoms with Gasteiger partial charge in [-0.2, -0.15) is 0 Å². The molecule has 1 saturated heterocycles. The third-order valence-electron chi connectivity index (χ3n) is 4.27. The Hall–Kier alpha value is -1.06. The van der Waals surface area contributed by atoms with Gasteiger partial charge in [-0.25, -0.2) is 0 Å². The van der Waals surface area contributed by atoms with Gasteiger partial charge in [-0.15, -0.1) is 0 Å². The second kappa shape index (κ2) is 8.40. The standard InChI is InChI=1S/C18H31N3/c1-4-8-19-15-17-6-7-18(16(3)14-17)21-12-10-20(9-5-2)11-13-21/h6-7,14,19H,4-5,8-13,15H2,1-3H3. The van der Waals surface area contributed by atoms with Crippen LogP contribution in [0.1, 0.15) is 37.8 Å². The minimum Gasteiger partial charge on any atom is -0.369 e. The highest BCUT2D eigenvalue weighted by atomic mass is 15.3. The van der Waals surface area contributed by atoms with E-state index in [4.69, 9.17) is 0 Å². The Bertz CT molecular complexity index is 422. The Kier molecular flexibility index (Phi) is 6.52. The van der Waals surface area contributed by atoms with Crippen LogP contribution < -0.4 is 10.2 Å². The third-order valence-corrected chi connectivity index (χ3v) is 4.27. The smallest absolute Gasteiger partial charge is 0.0397 e. The molecule has 0 atom stereocenters. The van der Waals surface area contributed by atoms with Gasteiger partial charge in [-0.05, 0) is 50.0 Å². The molecule has 0 unspecified atom stereocenters. The number of rotatable bonds is 7. The van der Waals surface area contributed by atoms with Crippen molar-refractivity contribution in [2.75, 3.05) is 44.2 Å². The molecule has 1 fully saturated rings. The molecule has 118 valence electrons. The van der Waals surface area contributed by atoms with Crippen LogP contribution in [-0.4, -0.2) is 44.2 Å². The van der Waals surface area contributed by atoms with Gasteiger partial charge in [0.25, 0.3) is 0 Å². The van der Waals surface area contributed by atoms with E-state index in [1.165, 1.54) is 49.3 Å². The minimum atomic E-state index is 0.985. The van der Waals surface area contributed by atoms with Gasteiger partial charge in [0.2, 0.25) is 0 Å². The van der Waals surface area contributed by atoms with Crippen molar-refractivity contribution in [2.24, 2.45) is 0 Å². The summed E-state index contributed by atoms with van der Waals surface area (Å²) in [6, 6.07) is 6.94. The molecule has 1 aromatic carbocycles.